The summed E-state index contributed by atoms with van der Waals surface area (Å²) in [4.78, 5) is 11.1. The van der Waals surface area contributed by atoms with Gasteiger partial charge in [-0.3, -0.25) is 4.79 Å². The molecule has 16 heavy (non-hydrogen) atoms. The van der Waals surface area contributed by atoms with Gasteiger partial charge < -0.3 is 5.11 Å². The smallest absolute Gasteiger partial charge is 0.309 e. The Morgan fingerprint density at radius 1 is 1.38 bits per heavy atom. The number of hydrogen-bond acceptors (Lipinski definition) is 2. The van der Waals surface area contributed by atoms with E-state index in [-0.39, 0.29) is 0 Å². The fourth-order valence-corrected chi connectivity index (χ4v) is 2.68. The molecule has 1 heterocycles. The molecule has 0 aliphatic heterocycles. The molecule has 0 spiro atoms. The van der Waals surface area contributed by atoms with Gasteiger partial charge in [-0.25, -0.2) is 0 Å². The number of carboxylic acids is 1. The summed E-state index contributed by atoms with van der Waals surface area (Å²) in [6.07, 6.45) is 0.576. The first-order chi connectivity index (χ1) is 7.50. The van der Waals surface area contributed by atoms with E-state index in [0.717, 1.165) is 5.56 Å². The maximum atomic E-state index is 11.1. The van der Waals surface area contributed by atoms with Crippen LogP contribution in [-0.4, -0.2) is 11.1 Å². The Balaban J connectivity index is 2.38. The predicted molar refractivity (Wildman–Crippen MR) is 66.9 cm³/mol. The monoisotopic (exact) mass is 234 g/mol. The van der Waals surface area contributed by atoms with Crippen molar-refractivity contribution >= 4 is 27.4 Å². The van der Waals surface area contributed by atoms with E-state index in [9.17, 15) is 4.79 Å². The van der Waals surface area contributed by atoms with Gasteiger partial charge in [0.05, 0.1) is 5.41 Å². The van der Waals surface area contributed by atoms with E-state index >= 15 is 0 Å². The average molecular weight is 234 g/mol. The molecule has 0 saturated carbocycles. The third-order valence-corrected chi connectivity index (χ3v) is 3.78. The van der Waals surface area contributed by atoms with Crippen LogP contribution in [0.1, 0.15) is 19.4 Å². The molecule has 3 heteroatoms. The van der Waals surface area contributed by atoms with Crippen molar-refractivity contribution in [3.05, 3.63) is 35.2 Å². The largest absolute Gasteiger partial charge is 0.481 e. The summed E-state index contributed by atoms with van der Waals surface area (Å²) < 4.78 is 1.22. The molecule has 0 atom stereocenters. The highest BCUT2D eigenvalue weighted by Crippen LogP contribution is 2.31. The van der Waals surface area contributed by atoms with Crippen LogP contribution in [0.2, 0.25) is 0 Å². The van der Waals surface area contributed by atoms with Crippen molar-refractivity contribution in [1.29, 1.82) is 0 Å². The highest BCUT2D eigenvalue weighted by molar-refractivity contribution is 7.17. The fraction of sp³-hybridized carbons (Fsp3) is 0.308. The Hall–Kier alpha value is -1.35. The summed E-state index contributed by atoms with van der Waals surface area (Å²) in [6.45, 7) is 3.53. The number of carbonyl (C=O) groups is 1. The quantitative estimate of drug-likeness (QED) is 0.881. The third kappa shape index (κ3) is 1.95. The number of aliphatic carboxylic acids is 1. The number of hydrogen-bond donors (Lipinski definition) is 1. The Bertz CT molecular complexity index is 525. The first-order valence-electron chi connectivity index (χ1n) is 5.19. The minimum absolute atomic E-state index is 0.576. The van der Waals surface area contributed by atoms with Gasteiger partial charge in [0.1, 0.15) is 0 Å². The van der Waals surface area contributed by atoms with Crippen molar-refractivity contribution < 1.29 is 9.90 Å². The van der Waals surface area contributed by atoms with Gasteiger partial charge in [-0.1, -0.05) is 18.2 Å². The molecule has 1 aromatic carbocycles. The maximum Gasteiger partial charge on any atom is 0.309 e. The Morgan fingerprint density at radius 3 is 2.75 bits per heavy atom. The SMILES string of the molecule is CC(C)(Cc1csc2ccccc12)C(=O)O. The van der Waals surface area contributed by atoms with E-state index in [1.54, 1.807) is 25.2 Å². The average Bonchev–Trinajstić information content (AvgIpc) is 2.61. The molecule has 1 aromatic heterocycles. The fourth-order valence-electron chi connectivity index (χ4n) is 1.72. The summed E-state index contributed by atoms with van der Waals surface area (Å²) >= 11 is 1.67. The molecule has 0 fully saturated rings. The summed E-state index contributed by atoms with van der Waals surface area (Å²) in [5, 5.41) is 12.4. The molecular formula is C13H14O2S. The highest BCUT2D eigenvalue weighted by atomic mass is 32.1. The summed E-state index contributed by atoms with van der Waals surface area (Å²) in [5.74, 6) is -0.747. The molecule has 0 amide bonds. The molecule has 2 nitrogen and oxygen atoms in total. The van der Waals surface area contributed by atoms with Crippen LogP contribution in [0.3, 0.4) is 0 Å². The lowest BCUT2D eigenvalue weighted by molar-refractivity contribution is -0.146. The van der Waals surface area contributed by atoms with Gasteiger partial charge in [-0.05, 0) is 42.7 Å². The second-order valence-electron chi connectivity index (χ2n) is 4.62. The topological polar surface area (TPSA) is 37.3 Å². The molecule has 0 saturated heterocycles. The lowest BCUT2D eigenvalue weighted by Gasteiger charge is -2.18. The summed E-state index contributed by atoms with van der Waals surface area (Å²) in [7, 11) is 0. The van der Waals surface area contributed by atoms with E-state index in [1.807, 2.05) is 12.1 Å². The van der Waals surface area contributed by atoms with Crippen LogP contribution >= 0.6 is 11.3 Å². The van der Waals surface area contributed by atoms with Crippen LogP contribution in [0.15, 0.2) is 29.6 Å². The van der Waals surface area contributed by atoms with Crippen molar-refractivity contribution in [2.75, 3.05) is 0 Å². The number of benzene rings is 1. The molecule has 0 aliphatic carbocycles. The van der Waals surface area contributed by atoms with Crippen molar-refractivity contribution in [3.8, 4) is 0 Å². The van der Waals surface area contributed by atoms with Crippen LogP contribution in [0, 0.1) is 5.41 Å². The number of carboxylic acid groups (broad SMARTS) is 1. The number of rotatable bonds is 3. The van der Waals surface area contributed by atoms with E-state index in [1.165, 1.54) is 10.1 Å². The molecular weight excluding hydrogens is 220 g/mol. The normalized spacial score (nSPS) is 11.9. The van der Waals surface area contributed by atoms with Gasteiger partial charge >= 0.3 is 5.97 Å². The van der Waals surface area contributed by atoms with Gasteiger partial charge in [0.2, 0.25) is 0 Å². The number of thiophene rings is 1. The molecule has 0 radical (unpaired) electrons. The molecule has 84 valence electrons. The maximum absolute atomic E-state index is 11.1. The second-order valence-corrected chi connectivity index (χ2v) is 5.53. The van der Waals surface area contributed by atoms with Gasteiger partial charge in [0.15, 0.2) is 0 Å². The Morgan fingerprint density at radius 2 is 2.06 bits per heavy atom. The van der Waals surface area contributed by atoms with Crippen molar-refractivity contribution in [2.45, 2.75) is 20.3 Å². The minimum atomic E-state index is -0.747. The molecule has 2 aromatic rings. The zero-order valence-corrected chi connectivity index (χ0v) is 10.2. The highest BCUT2D eigenvalue weighted by Gasteiger charge is 2.28. The summed E-state index contributed by atoms with van der Waals surface area (Å²) in [5.41, 5.74) is 0.428. The molecule has 0 bridgehead atoms. The van der Waals surface area contributed by atoms with E-state index < -0.39 is 11.4 Å². The zero-order valence-electron chi connectivity index (χ0n) is 9.36. The van der Waals surface area contributed by atoms with Gasteiger partial charge in [0.25, 0.3) is 0 Å². The van der Waals surface area contributed by atoms with Crippen LogP contribution in [0.25, 0.3) is 10.1 Å². The van der Waals surface area contributed by atoms with Gasteiger partial charge in [-0.15, -0.1) is 11.3 Å². The Labute approximate surface area is 98.5 Å². The van der Waals surface area contributed by atoms with E-state index in [2.05, 4.69) is 17.5 Å². The van der Waals surface area contributed by atoms with Gasteiger partial charge in [-0.2, -0.15) is 0 Å². The molecule has 0 aliphatic rings. The lowest BCUT2D eigenvalue weighted by atomic mass is 9.86. The molecule has 1 N–H and O–H groups in total. The van der Waals surface area contributed by atoms with Crippen LogP contribution in [0.5, 0.6) is 0 Å². The van der Waals surface area contributed by atoms with Crippen LogP contribution < -0.4 is 0 Å². The van der Waals surface area contributed by atoms with E-state index in [0.29, 0.717) is 6.42 Å². The third-order valence-electron chi connectivity index (χ3n) is 2.77. The van der Waals surface area contributed by atoms with Crippen LogP contribution in [-0.2, 0) is 11.2 Å². The predicted octanol–water partition coefficient (Wildman–Crippen LogP) is 3.55. The van der Waals surface area contributed by atoms with Crippen molar-refractivity contribution in [2.24, 2.45) is 5.41 Å². The van der Waals surface area contributed by atoms with Crippen molar-refractivity contribution in [3.63, 3.8) is 0 Å². The number of fused-ring (bicyclic) bond motifs is 1. The van der Waals surface area contributed by atoms with Gasteiger partial charge in [0, 0.05) is 4.70 Å². The van der Waals surface area contributed by atoms with Crippen LogP contribution in [0.4, 0.5) is 0 Å². The first kappa shape index (κ1) is 11.1. The zero-order chi connectivity index (χ0) is 11.8. The molecule has 0 unspecified atom stereocenters. The minimum Gasteiger partial charge on any atom is -0.481 e. The summed E-state index contributed by atoms with van der Waals surface area (Å²) in [6, 6.07) is 8.12. The van der Waals surface area contributed by atoms with Crippen molar-refractivity contribution in [1.82, 2.24) is 0 Å². The van der Waals surface area contributed by atoms with E-state index in [4.69, 9.17) is 5.11 Å². The first-order valence-corrected chi connectivity index (χ1v) is 6.07. The Kier molecular flexibility index (Phi) is 2.72. The second kappa shape index (κ2) is 3.91. The standard InChI is InChI=1S/C13H14O2S/c1-13(2,12(14)15)7-9-8-16-11-6-4-3-5-10(9)11/h3-6,8H,7H2,1-2H3,(H,14,15). The lowest BCUT2D eigenvalue weighted by Crippen LogP contribution is -2.25. The molecule has 2 rings (SSSR count).